The van der Waals surface area contributed by atoms with Crippen molar-refractivity contribution in [2.24, 2.45) is 17.8 Å². The van der Waals surface area contributed by atoms with Gasteiger partial charge in [0.15, 0.2) is 0 Å². The summed E-state index contributed by atoms with van der Waals surface area (Å²) in [5, 5.41) is 2.75. The van der Waals surface area contributed by atoms with Gasteiger partial charge in [-0.1, -0.05) is 69.6 Å². The maximum atomic E-state index is 13.8. The molecular formula is C40H68N6O8S2. The molecule has 1 aromatic heterocycles. The molecule has 1 saturated heterocycles. The molecule has 16 heteroatoms. The van der Waals surface area contributed by atoms with E-state index in [1.165, 1.54) is 44.6 Å². The molecule has 1 fully saturated rings. The van der Waals surface area contributed by atoms with Gasteiger partial charge in [0.05, 0.1) is 47.6 Å². The fourth-order valence-electron chi connectivity index (χ4n) is 7.16. The van der Waals surface area contributed by atoms with Crippen LogP contribution in [-0.2, 0) is 28.6 Å². The van der Waals surface area contributed by atoms with Crippen LogP contribution in [-0.4, -0.2) is 151 Å². The van der Waals surface area contributed by atoms with E-state index in [0.717, 1.165) is 24.2 Å². The molecule has 0 saturated carbocycles. The standard InChI is InChI=1S/C40H68N6O8S2/c1-15-27(6)35(30(52-13)21-32(47)46-20-16-17-29(46)36(53-14)26(4)5)44(11)33(48)23-42-37(49)34(25(2)3)45(12)39(51)54-24-40(7,8)56-55-31-18-19-41-22-28(31)38(50)43(9)10/h18-19,22,25-27,29-30,34-36H,15-17,20-21,23-24H2,1-14H3,(H,42,49). The molecule has 14 nitrogen and oxygen atoms in total. The van der Waals surface area contributed by atoms with Gasteiger partial charge >= 0.3 is 6.09 Å². The Balaban J connectivity index is 2.07. The van der Waals surface area contributed by atoms with E-state index in [2.05, 4.69) is 24.1 Å². The number of aromatic nitrogens is 1. The predicted molar refractivity (Wildman–Crippen MR) is 222 cm³/mol. The van der Waals surface area contributed by atoms with Crippen molar-refractivity contribution in [3.05, 3.63) is 24.0 Å². The highest BCUT2D eigenvalue weighted by Crippen LogP contribution is 2.42. The van der Waals surface area contributed by atoms with Crippen molar-refractivity contribution in [3.63, 3.8) is 0 Å². The van der Waals surface area contributed by atoms with Crippen LogP contribution in [0.2, 0.25) is 0 Å². The second kappa shape index (κ2) is 22.8. The van der Waals surface area contributed by atoms with Gasteiger partial charge in [-0.25, -0.2) is 4.79 Å². The van der Waals surface area contributed by atoms with Gasteiger partial charge in [0.1, 0.15) is 12.6 Å². The summed E-state index contributed by atoms with van der Waals surface area (Å²) in [5.74, 6) is -1.07. The summed E-state index contributed by atoms with van der Waals surface area (Å²) < 4.78 is 16.9. The maximum absolute atomic E-state index is 13.8. The Morgan fingerprint density at radius 2 is 1.66 bits per heavy atom. The molecule has 2 rings (SSSR count). The second-order valence-electron chi connectivity index (χ2n) is 16.2. The molecule has 0 spiro atoms. The van der Waals surface area contributed by atoms with E-state index in [1.807, 2.05) is 46.4 Å². The maximum Gasteiger partial charge on any atom is 0.410 e. The van der Waals surface area contributed by atoms with Crippen LogP contribution in [0.25, 0.3) is 0 Å². The topological polar surface area (TPSA) is 151 Å². The highest BCUT2D eigenvalue weighted by atomic mass is 33.1. The minimum atomic E-state index is -0.910. The summed E-state index contributed by atoms with van der Waals surface area (Å²) in [6, 6.07) is 0.421. The number of carbonyl (C=O) groups excluding carboxylic acids is 5. The van der Waals surface area contributed by atoms with Crippen molar-refractivity contribution in [3.8, 4) is 0 Å². The monoisotopic (exact) mass is 824 g/mol. The fourth-order valence-corrected chi connectivity index (χ4v) is 9.46. The summed E-state index contributed by atoms with van der Waals surface area (Å²) in [6.45, 7) is 16.1. The lowest BCUT2D eigenvalue weighted by Crippen LogP contribution is -2.55. The van der Waals surface area contributed by atoms with E-state index in [1.54, 1.807) is 52.5 Å². The molecule has 5 amide bonds. The molecule has 0 aliphatic carbocycles. The lowest BCUT2D eigenvalue weighted by Gasteiger charge is -2.39. The van der Waals surface area contributed by atoms with Gasteiger partial charge in [-0.2, -0.15) is 0 Å². The molecule has 0 aromatic carbocycles. The van der Waals surface area contributed by atoms with Crippen molar-refractivity contribution in [1.29, 1.82) is 0 Å². The normalized spacial score (nSPS) is 17.2. The molecule has 2 heterocycles. The third-order valence-electron chi connectivity index (χ3n) is 10.4. The first kappa shape index (κ1) is 49.1. The van der Waals surface area contributed by atoms with E-state index in [0.29, 0.717) is 12.1 Å². The van der Waals surface area contributed by atoms with Crippen LogP contribution >= 0.6 is 21.6 Å². The minimum Gasteiger partial charge on any atom is -0.448 e. The van der Waals surface area contributed by atoms with Crippen LogP contribution in [0.15, 0.2) is 23.4 Å². The summed E-state index contributed by atoms with van der Waals surface area (Å²) in [5.41, 5.74) is 0.482. The third-order valence-corrected chi connectivity index (χ3v) is 13.7. The number of amides is 5. The van der Waals surface area contributed by atoms with Crippen LogP contribution in [0.1, 0.15) is 91.4 Å². The van der Waals surface area contributed by atoms with Crippen molar-refractivity contribution in [2.75, 3.05) is 62.1 Å². The van der Waals surface area contributed by atoms with Crippen LogP contribution in [0.3, 0.4) is 0 Å². The van der Waals surface area contributed by atoms with Crippen LogP contribution in [0, 0.1) is 17.8 Å². The number of ether oxygens (including phenoxy) is 3. The van der Waals surface area contributed by atoms with Crippen LogP contribution < -0.4 is 5.32 Å². The number of nitrogens with zero attached hydrogens (tertiary/aromatic N) is 5. The predicted octanol–water partition coefficient (Wildman–Crippen LogP) is 5.45. The van der Waals surface area contributed by atoms with E-state index in [-0.39, 0.29) is 67.2 Å². The highest BCUT2D eigenvalue weighted by Gasteiger charge is 2.40. The molecule has 1 aromatic rings. The van der Waals surface area contributed by atoms with Crippen LogP contribution in [0.5, 0.6) is 0 Å². The number of nitrogens with one attached hydrogen (secondary N) is 1. The molecule has 1 N–H and O–H groups in total. The first-order valence-corrected chi connectivity index (χ1v) is 21.7. The molecule has 318 valence electrons. The number of likely N-dealkylation sites (N-methyl/N-ethyl adjacent to an activating group) is 2. The zero-order valence-electron chi connectivity index (χ0n) is 36.1. The average Bonchev–Trinajstić information content (AvgIpc) is 3.64. The van der Waals surface area contributed by atoms with Gasteiger partial charge in [-0.3, -0.25) is 29.1 Å². The lowest BCUT2D eigenvalue weighted by molar-refractivity contribution is -0.144. The van der Waals surface area contributed by atoms with Gasteiger partial charge in [0.2, 0.25) is 17.7 Å². The van der Waals surface area contributed by atoms with E-state index in [4.69, 9.17) is 14.2 Å². The zero-order chi connectivity index (χ0) is 42.5. The van der Waals surface area contributed by atoms with E-state index >= 15 is 0 Å². The number of hydrogen-bond donors (Lipinski definition) is 1. The Labute approximate surface area is 343 Å². The summed E-state index contributed by atoms with van der Waals surface area (Å²) in [6.07, 6.45) is 4.48. The summed E-state index contributed by atoms with van der Waals surface area (Å²) in [7, 11) is 12.6. The van der Waals surface area contributed by atoms with Gasteiger partial charge < -0.3 is 34.2 Å². The van der Waals surface area contributed by atoms with E-state index in [9.17, 15) is 24.0 Å². The molecule has 0 radical (unpaired) electrons. The average molecular weight is 825 g/mol. The third kappa shape index (κ3) is 13.5. The summed E-state index contributed by atoms with van der Waals surface area (Å²) >= 11 is 0. The van der Waals surface area contributed by atoms with Crippen molar-refractivity contribution < 1.29 is 38.2 Å². The SMILES string of the molecule is CCC(C)C(C(CC(=O)N1CCCC1C(OC)C(C)C)OC)N(C)C(=O)CNC(=O)C(C(C)C)N(C)C(=O)OCC(C)(C)SSc1ccncc1C(=O)N(C)C. The van der Waals surface area contributed by atoms with Gasteiger partial charge in [-0.05, 0) is 50.5 Å². The van der Waals surface area contributed by atoms with Gasteiger partial charge in [-0.15, -0.1) is 0 Å². The fraction of sp³-hybridized carbons (Fsp3) is 0.750. The van der Waals surface area contributed by atoms with E-state index < -0.39 is 34.9 Å². The molecule has 6 atom stereocenters. The first-order valence-electron chi connectivity index (χ1n) is 19.5. The number of carbonyl (C=O) groups is 5. The Kier molecular flexibility index (Phi) is 19.9. The van der Waals surface area contributed by atoms with Crippen molar-refractivity contribution >= 4 is 51.3 Å². The number of rotatable bonds is 21. The van der Waals surface area contributed by atoms with Gasteiger partial charge in [0, 0.05) is 66.2 Å². The number of methoxy groups -OCH3 is 2. The number of hydrogen-bond acceptors (Lipinski definition) is 11. The Hall–Kier alpha value is -3.08. The van der Waals surface area contributed by atoms with Crippen molar-refractivity contribution in [1.82, 2.24) is 29.9 Å². The smallest absolute Gasteiger partial charge is 0.410 e. The molecule has 0 bridgehead atoms. The van der Waals surface area contributed by atoms with Crippen LogP contribution in [0.4, 0.5) is 4.79 Å². The zero-order valence-corrected chi connectivity index (χ0v) is 37.8. The number of likely N-dealkylation sites (tertiary alicyclic amines) is 1. The molecule has 1 aliphatic rings. The Morgan fingerprint density at radius 3 is 2.21 bits per heavy atom. The molecule has 56 heavy (non-hydrogen) atoms. The Morgan fingerprint density at radius 1 is 1.00 bits per heavy atom. The lowest BCUT2D eigenvalue weighted by atomic mass is 9.90. The Bertz CT molecular complexity index is 1460. The molecule has 1 aliphatic heterocycles. The summed E-state index contributed by atoms with van der Waals surface area (Å²) in [4.78, 5) is 78.1. The molecular weight excluding hydrogens is 757 g/mol. The van der Waals surface area contributed by atoms with Gasteiger partial charge in [0.25, 0.3) is 5.91 Å². The second-order valence-corrected chi connectivity index (χ2v) is 19.0. The van der Waals surface area contributed by atoms with Crippen molar-refractivity contribution in [2.45, 2.75) is 121 Å². The quantitative estimate of drug-likeness (QED) is 0.158. The highest BCUT2D eigenvalue weighted by molar-refractivity contribution is 8.77. The minimum absolute atomic E-state index is 0.00779. The largest absolute Gasteiger partial charge is 0.448 e. The first-order chi connectivity index (χ1) is 26.2. The molecule has 6 unspecified atom stereocenters. The number of pyridine rings is 1.